The standard InChI is InChI=1S/C19H21ClN2O4S/c1-2-14-5-3-4-6-17(14)21-19(23)15-7-8-16(20)18(13-15)27(24,25)22-9-11-26-12-10-22/h3-8,13H,2,9-12H2,1H3,(H,21,23). The molecule has 0 bridgehead atoms. The zero-order valence-corrected chi connectivity index (χ0v) is 16.5. The van der Waals surface area contributed by atoms with Crippen LogP contribution in [0.4, 0.5) is 5.69 Å². The SMILES string of the molecule is CCc1ccccc1NC(=O)c1ccc(Cl)c(S(=O)(=O)N2CCOCC2)c1. The van der Waals surface area contributed by atoms with Crippen LogP contribution in [-0.4, -0.2) is 44.9 Å². The molecule has 1 aliphatic heterocycles. The summed E-state index contributed by atoms with van der Waals surface area (Å²) in [7, 11) is -3.79. The highest BCUT2D eigenvalue weighted by molar-refractivity contribution is 7.89. The Balaban J connectivity index is 1.89. The third kappa shape index (κ3) is 4.32. The van der Waals surface area contributed by atoms with Gasteiger partial charge in [0, 0.05) is 24.3 Å². The van der Waals surface area contributed by atoms with Crippen molar-refractivity contribution in [1.29, 1.82) is 0 Å². The van der Waals surface area contributed by atoms with Gasteiger partial charge < -0.3 is 10.1 Å². The van der Waals surface area contributed by atoms with E-state index in [0.717, 1.165) is 12.0 Å². The zero-order chi connectivity index (χ0) is 19.4. The fourth-order valence-electron chi connectivity index (χ4n) is 2.91. The first-order valence-corrected chi connectivity index (χ1v) is 10.5. The van der Waals surface area contributed by atoms with Crippen molar-refractivity contribution in [2.75, 3.05) is 31.6 Å². The summed E-state index contributed by atoms with van der Waals surface area (Å²) in [4.78, 5) is 12.6. The first-order valence-electron chi connectivity index (χ1n) is 8.70. The maximum absolute atomic E-state index is 12.9. The van der Waals surface area contributed by atoms with Crippen molar-refractivity contribution in [2.24, 2.45) is 0 Å². The van der Waals surface area contributed by atoms with Crippen LogP contribution < -0.4 is 5.32 Å². The number of hydrogen-bond acceptors (Lipinski definition) is 4. The normalized spacial score (nSPS) is 15.5. The molecular formula is C19H21ClN2O4S. The summed E-state index contributed by atoms with van der Waals surface area (Å²) in [5.41, 5.74) is 1.94. The Bertz CT molecular complexity index is 940. The number of rotatable bonds is 5. The van der Waals surface area contributed by atoms with E-state index in [1.54, 1.807) is 0 Å². The number of hydrogen-bond donors (Lipinski definition) is 1. The van der Waals surface area contributed by atoms with Crippen molar-refractivity contribution < 1.29 is 17.9 Å². The van der Waals surface area contributed by atoms with E-state index in [9.17, 15) is 13.2 Å². The molecule has 144 valence electrons. The molecular weight excluding hydrogens is 388 g/mol. The van der Waals surface area contributed by atoms with E-state index in [2.05, 4.69) is 5.32 Å². The molecule has 8 heteroatoms. The van der Waals surface area contributed by atoms with Gasteiger partial charge in [0.15, 0.2) is 0 Å². The number of benzene rings is 2. The molecule has 0 unspecified atom stereocenters. The molecule has 1 aliphatic rings. The van der Waals surface area contributed by atoms with Crippen LogP contribution >= 0.6 is 11.6 Å². The number of nitrogens with one attached hydrogen (secondary N) is 1. The molecule has 0 atom stereocenters. The summed E-state index contributed by atoms with van der Waals surface area (Å²) in [6.07, 6.45) is 0.772. The molecule has 27 heavy (non-hydrogen) atoms. The minimum Gasteiger partial charge on any atom is -0.379 e. The molecule has 0 aromatic heterocycles. The van der Waals surface area contributed by atoms with E-state index in [-0.39, 0.29) is 34.5 Å². The van der Waals surface area contributed by atoms with Gasteiger partial charge in [0.05, 0.1) is 18.2 Å². The number of nitrogens with zero attached hydrogens (tertiary/aromatic N) is 1. The van der Waals surface area contributed by atoms with Crippen LogP contribution in [0.5, 0.6) is 0 Å². The summed E-state index contributed by atoms with van der Waals surface area (Å²) in [5.74, 6) is -0.383. The highest BCUT2D eigenvalue weighted by Crippen LogP contribution is 2.27. The van der Waals surface area contributed by atoms with Crippen LogP contribution in [-0.2, 0) is 21.2 Å². The Morgan fingerprint density at radius 3 is 2.59 bits per heavy atom. The smallest absolute Gasteiger partial charge is 0.255 e. The first kappa shape index (κ1) is 19.8. The Labute approximate surface area is 164 Å². The average Bonchev–Trinajstić information content (AvgIpc) is 2.69. The minimum atomic E-state index is -3.79. The van der Waals surface area contributed by atoms with Gasteiger partial charge >= 0.3 is 0 Å². The van der Waals surface area contributed by atoms with E-state index < -0.39 is 10.0 Å². The Morgan fingerprint density at radius 2 is 1.89 bits per heavy atom. The van der Waals surface area contributed by atoms with Crippen LogP contribution in [0.3, 0.4) is 0 Å². The maximum atomic E-state index is 12.9. The molecule has 2 aromatic rings. The number of amides is 1. The van der Waals surface area contributed by atoms with Crippen molar-refractivity contribution in [2.45, 2.75) is 18.2 Å². The molecule has 2 aromatic carbocycles. The summed E-state index contributed by atoms with van der Waals surface area (Å²) in [6, 6.07) is 11.8. The highest BCUT2D eigenvalue weighted by atomic mass is 35.5. The van der Waals surface area contributed by atoms with Gasteiger partial charge in [-0.1, -0.05) is 36.7 Å². The topological polar surface area (TPSA) is 75.7 Å². The van der Waals surface area contributed by atoms with E-state index >= 15 is 0 Å². The van der Waals surface area contributed by atoms with E-state index in [0.29, 0.717) is 18.9 Å². The lowest BCUT2D eigenvalue weighted by Gasteiger charge is -2.26. The molecule has 3 rings (SSSR count). The number of halogens is 1. The summed E-state index contributed by atoms with van der Waals surface area (Å²) in [6.45, 7) is 3.20. The highest BCUT2D eigenvalue weighted by Gasteiger charge is 2.29. The quantitative estimate of drug-likeness (QED) is 0.824. The van der Waals surface area contributed by atoms with Crippen LogP contribution in [0.15, 0.2) is 47.4 Å². The third-order valence-electron chi connectivity index (χ3n) is 4.43. The van der Waals surface area contributed by atoms with Gasteiger partial charge in [-0.25, -0.2) is 8.42 Å². The molecule has 1 heterocycles. The maximum Gasteiger partial charge on any atom is 0.255 e. The molecule has 0 saturated carbocycles. The van der Waals surface area contributed by atoms with Gasteiger partial charge in [-0.15, -0.1) is 0 Å². The number of carbonyl (C=O) groups is 1. The molecule has 1 amide bonds. The Kier molecular flexibility index (Phi) is 6.16. The number of morpholine rings is 1. The van der Waals surface area contributed by atoms with Crippen molar-refractivity contribution in [3.63, 3.8) is 0 Å². The number of anilines is 1. The number of aryl methyl sites for hydroxylation is 1. The summed E-state index contributed by atoms with van der Waals surface area (Å²) in [5, 5.41) is 2.93. The number of sulfonamides is 1. The van der Waals surface area contributed by atoms with Gasteiger partial charge in [0.25, 0.3) is 5.91 Å². The van der Waals surface area contributed by atoms with Crippen molar-refractivity contribution in [3.8, 4) is 0 Å². The second-order valence-electron chi connectivity index (χ2n) is 6.13. The lowest BCUT2D eigenvalue weighted by atomic mass is 10.1. The van der Waals surface area contributed by atoms with Crippen LogP contribution in [0, 0.1) is 0 Å². The van der Waals surface area contributed by atoms with Gasteiger partial charge in [-0.05, 0) is 36.2 Å². The first-order chi connectivity index (χ1) is 12.9. The van der Waals surface area contributed by atoms with Crippen LogP contribution in [0.2, 0.25) is 5.02 Å². The molecule has 1 N–H and O–H groups in total. The van der Waals surface area contributed by atoms with Crippen molar-refractivity contribution in [1.82, 2.24) is 4.31 Å². The molecule has 1 fully saturated rings. The second kappa shape index (κ2) is 8.39. The fraction of sp³-hybridized carbons (Fsp3) is 0.316. The van der Waals surface area contributed by atoms with E-state index in [1.165, 1.54) is 22.5 Å². The van der Waals surface area contributed by atoms with Gasteiger partial charge in [0.1, 0.15) is 4.90 Å². The number of para-hydroxylation sites is 1. The second-order valence-corrected chi connectivity index (χ2v) is 8.44. The van der Waals surface area contributed by atoms with Gasteiger partial charge in [-0.3, -0.25) is 4.79 Å². The largest absolute Gasteiger partial charge is 0.379 e. The molecule has 0 spiro atoms. The summed E-state index contributed by atoms with van der Waals surface area (Å²) < 4.78 is 32.3. The Morgan fingerprint density at radius 1 is 1.19 bits per heavy atom. The monoisotopic (exact) mass is 408 g/mol. The number of ether oxygens (including phenoxy) is 1. The van der Waals surface area contributed by atoms with Crippen LogP contribution in [0.25, 0.3) is 0 Å². The van der Waals surface area contributed by atoms with Crippen LogP contribution in [0.1, 0.15) is 22.8 Å². The molecule has 0 radical (unpaired) electrons. The molecule has 0 aliphatic carbocycles. The van der Waals surface area contributed by atoms with E-state index in [4.69, 9.17) is 16.3 Å². The average molecular weight is 409 g/mol. The number of carbonyl (C=O) groups excluding carboxylic acids is 1. The lowest BCUT2D eigenvalue weighted by molar-refractivity contribution is 0.0730. The predicted octanol–water partition coefficient (Wildman–Crippen LogP) is 3.18. The Hall–Kier alpha value is -1.93. The van der Waals surface area contributed by atoms with Crippen molar-refractivity contribution >= 4 is 33.2 Å². The summed E-state index contributed by atoms with van der Waals surface area (Å²) >= 11 is 6.14. The fourth-order valence-corrected chi connectivity index (χ4v) is 4.82. The molecule has 1 saturated heterocycles. The zero-order valence-electron chi connectivity index (χ0n) is 14.9. The van der Waals surface area contributed by atoms with Gasteiger partial charge in [0.2, 0.25) is 10.0 Å². The minimum absolute atomic E-state index is 0.0671. The van der Waals surface area contributed by atoms with E-state index in [1.807, 2.05) is 31.2 Å². The predicted molar refractivity (Wildman–Crippen MR) is 105 cm³/mol. The van der Waals surface area contributed by atoms with Gasteiger partial charge in [-0.2, -0.15) is 4.31 Å². The molecule has 6 nitrogen and oxygen atoms in total. The van der Waals surface area contributed by atoms with Crippen molar-refractivity contribution in [3.05, 3.63) is 58.6 Å². The lowest BCUT2D eigenvalue weighted by Crippen LogP contribution is -2.40. The third-order valence-corrected chi connectivity index (χ3v) is 6.81.